The lowest BCUT2D eigenvalue weighted by molar-refractivity contribution is -0.137. The van der Waals surface area contributed by atoms with Gasteiger partial charge in [-0.15, -0.1) is 0 Å². The van der Waals surface area contributed by atoms with Gasteiger partial charge in [0.2, 0.25) is 0 Å². The van der Waals surface area contributed by atoms with Crippen molar-refractivity contribution in [2.24, 2.45) is 7.05 Å². The molecule has 78 valence electrons. The van der Waals surface area contributed by atoms with Gasteiger partial charge in [-0.2, -0.15) is 5.10 Å². The molecule has 0 fully saturated rings. The van der Waals surface area contributed by atoms with Gasteiger partial charge in [-0.25, -0.2) is 4.98 Å². The van der Waals surface area contributed by atoms with Crippen LogP contribution in [0.15, 0.2) is 6.33 Å². The van der Waals surface area contributed by atoms with Crippen molar-refractivity contribution in [2.45, 2.75) is 19.4 Å². The minimum Gasteiger partial charge on any atom is -0.481 e. The van der Waals surface area contributed by atoms with Crippen molar-refractivity contribution in [3.63, 3.8) is 0 Å². The van der Waals surface area contributed by atoms with E-state index >= 15 is 0 Å². The molecule has 0 aliphatic heterocycles. The number of carboxylic acids is 1. The lowest BCUT2D eigenvalue weighted by atomic mass is 10.3. The van der Waals surface area contributed by atoms with Crippen LogP contribution in [-0.4, -0.2) is 32.4 Å². The van der Waals surface area contributed by atoms with Crippen molar-refractivity contribution in [3.8, 4) is 0 Å². The minimum atomic E-state index is -0.759. The molecular formula is C8H14N4O2. The van der Waals surface area contributed by atoms with Gasteiger partial charge in [0.1, 0.15) is 12.2 Å². The third kappa shape index (κ3) is 3.53. The Morgan fingerprint density at radius 2 is 2.50 bits per heavy atom. The van der Waals surface area contributed by atoms with Crippen LogP contribution < -0.4 is 5.32 Å². The van der Waals surface area contributed by atoms with E-state index in [4.69, 9.17) is 5.11 Å². The fourth-order valence-corrected chi connectivity index (χ4v) is 1.04. The molecule has 6 heteroatoms. The molecule has 1 aromatic heterocycles. The summed E-state index contributed by atoms with van der Waals surface area (Å²) >= 11 is 0. The van der Waals surface area contributed by atoms with Gasteiger partial charge in [0.05, 0.1) is 6.54 Å². The maximum atomic E-state index is 10.2. The number of carboxylic acid groups (broad SMARTS) is 1. The zero-order valence-electron chi connectivity index (χ0n) is 8.10. The first-order valence-corrected chi connectivity index (χ1v) is 4.45. The van der Waals surface area contributed by atoms with E-state index in [1.54, 1.807) is 4.68 Å². The van der Waals surface area contributed by atoms with Gasteiger partial charge in [-0.3, -0.25) is 9.48 Å². The summed E-state index contributed by atoms with van der Waals surface area (Å²) in [6.07, 6.45) is 2.33. The number of aromatic nitrogens is 3. The molecule has 0 saturated carbocycles. The Labute approximate surface area is 82.0 Å². The van der Waals surface area contributed by atoms with Crippen LogP contribution in [0.3, 0.4) is 0 Å². The Bertz CT molecular complexity index is 297. The summed E-state index contributed by atoms with van der Waals surface area (Å²) in [5.74, 6) is 0.0887. The predicted octanol–water partition coefficient (Wildman–Crippen LogP) is -0.230. The molecule has 0 bridgehead atoms. The monoisotopic (exact) mass is 198 g/mol. The first-order chi connectivity index (χ1) is 6.70. The third-order valence-corrected chi connectivity index (χ3v) is 1.83. The Kier molecular flexibility index (Phi) is 4.06. The number of hydrogen-bond acceptors (Lipinski definition) is 4. The van der Waals surface area contributed by atoms with E-state index < -0.39 is 5.97 Å². The highest BCUT2D eigenvalue weighted by Gasteiger charge is 1.99. The average molecular weight is 198 g/mol. The molecule has 14 heavy (non-hydrogen) atoms. The average Bonchev–Trinajstić information content (AvgIpc) is 2.51. The fraction of sp³-hybridized carbons (Fsp3) is 0.625. The van der Waals surface area contributed by atoms with E-state index in [-0.39, 0.29) is 6.42 Å². The maximum absolute atomic E-state index is 10.2. The minimum absolute atomic E-state index is 0.200. The summed E-state index contributed by atoms with van der Waals surface area (Å²) < 4.78 is 1.68. The molecule has 0 aromatic carbocycles. The maximum Gasteiger partial charge on any atom is 0.303 e. The summed E-state index contributed by atoms with van der Waals surface area (Å²) in [7, 11) is 1.82. The Morgan fingerprint density at radius 1 is 1.71 bits per heavy atom. The highest BCUT2D eigenvalue weighted by atomic mass is 16.4. The smallest absolute Gasteiger partial charge is 0.303 e. The molecule has 0 atom stereocenters. The lowest BCUT2D eigenvalue weighted by Crippen LogP contribution is -2.18. The van der Waals surface area contributed by atoms with Crippen molar-refractivity contribution < 1.29 is 9.90 Å². The van der Waals surface area contributed by atoms with Crippen LogP contribution in [0.25, 0.3) is 0 Å². The summed E-state index contributed by atoms with van der Waals surface area (Å²) in [6.45, 7) is 1.30. The van der Waals surface area contributed by atoms with E-state index in [1.807, 2.05) is 7.05 Å². The second-order valence-corrected chi connectivity index (χ2v) is 2.97. The van der Waals surface area contributed by atoms with Gasteiger partial charge in [-0.05, 0) is 13.0 Å². The Hall–Kier alpha value is -1.43. The molecule has 6 nitrogen and oxygen atoms in total. The van der Waals surface area contributed by atoms with Crippen LogP contribution in [-0.2, 0) is 18.4 Å². The fourth-order valence-electron chi connectivity index (χ4n) is 1.04. The van der Waals surface area contributed by atoms with Crippen LogP contribution in [0.2, 0.25) is 0 Å². The number of aliphatic carboxylic acids is 1. The van der Waals surface area contributed by atoms with Gasteiger partial charge in [0.15, 0.2) is 0 Å². The molecule has 0 saturated heterocycles. The van der Waals surface area contributed by atoms with E-state index in [9.17, 15) is 4.79 Å². The highest BCUT2D eigenvalue weighted by Crippen LogP contribution is 1.91. The summed E-state index contributed by atoms with van der Waals surface area (Å²) in [5.41, 5.74) is 0. The van der Waals surface area contributed by atoms with Crippen molar-refractivity contribution >= 4 is 5.97 Å². The van der Waals surface area contributed by atoms with Crippen molar-refractivity contribution in [1.29, 1.82) is 0 Å². The molecule has 1 heterocycles. The van der Waals surface area contributed by atoms with Crippen molar-refractivity contribution in [2.75, 3.05) is 6.54 Å². The number of hydrogen-bond donors (Lipinski definition) is 2. The third-order valence-electron chi connectivity index (χ3n) is 1.83. The quantitative estimate of drug-likeness (QED) is 0.617. The largest absolute Gasteiger partial charge is 0.481 e. The summed E-state index contributed by atoms with van der Waals surface area (Å²) in [6, 6.07) is 0. The van der Waals surface area contributed by atoms with Gasteiger partial charge in [0, 0.05) is 13.5 Å². The summed E-state index contributed by atoms with van der Waals surface area (Å²) in [4.78, 5) is 14.2. The second-order valence-electron chi connectivity index (χ2n) is 2.97. The molecule has 0 amide bonds. The SMILES string of the molecule is Cn1ncnc1CNCCCC(=O)O. The van der Waals surface area contributed by atoms with Gasteiger partial charge < -0.3 is 10.4 Å². The van der Waals surface area contributed by atoms with E-state index in [1.165, 1.54) is 6.33 Å². The molecule has 1 rings (SSSR count). The second kappa shape index (κ2) is 5.33. The van der Waals surface area contributed by atoms with Crippen LogP contribution in [0.5, 0.6) is 0 Å². The highest BCUT2D eigenvalue weighted by molar-refractivity contribution is 5.66. The van der Waals surface area contributed by atoms with Crippen molar-refractivity contribution in [1.82, 2.24) is 20.1 Å². The van der Waals surface area contributed by atoms with Crippen LogP contribution >= 0.6 is 0 Å². The molecule has 0 aliphatic rings. The molecule has 1 aromatic rings. The van der Waals surface area contributed by atoms with Gasteiger partial charge in [0.25, 0.3) is 0 Å². The predicted molar refractivity (Wildman–Crippen MR) is 49.6 cm³/mol. The first-order valence-electron chi connectivity index (χ1n) is 4.45. The van der Waals surface area contributed by atoms with Crippen LogP contribution in [0.4, 0.5) is 0 Å². The number of aryl methyl sites for hydroxylation is 1. The van der Waals surface area contributed by atoms with E-state index in [0.29, 0.717) is 19.5 Å². The normalized spacial score (nSPS) is 10.4. The number of carbonyl (C=O) groups is 1. The molecule has 0 spiro atoms. The van der Waals surface area contributed by atoms with E-state index in [2.05, 4.69) is 15.4 Å². The number of rotatable bonds is 6. The van der Waals surface area contributed by atoms with Gasteiger partial charge >= 0.3 is 5.97 Å². The molecule has 0 radical (unpaired) electrons. The molecular weight excluding hydrogens is 184 g/mol. The Balaban J connectivity index is 2.10. The van der Waals surface area contributed by atoms with E-state index in [0.717, 1.165) is 5.82 Å². The van der Waals surface area contributed by atoms with Crippen LogP contribution in [0.1, 0.15) is 18.7 Å². The van der Waals surface area contributed by atoms with Crippen molar-refractivity contribution in [3.05, 3.63) is 12.2 Å². The zero-order valence-corrected chi connectivity index (χ0v) is 8.10. The number of nitrogens with one attached hydrogen (secondary N) is 1. The van der Waals surface area contributed by atoms with Gasteiger partial charge in [-0.1, -0.05) is 0 Å². The topological polar surface area (TPSA) is 80.0 Å². The standard InChI is InChI=1S/C8H14N4O2/c1-12-7(10-6-11-12)5-9-4-2-3-8(13)14/h6,9H,2-5H2,1H3,(H,13,14). The summed E-state index contributed by atoms with van der Waals surface area (Å²) in [5, 5.41) is 15.4. The zero-order chi connectivity index (χ0) is 10.4. The lowest BCUT2D eigenvalue weighted by Gasteiger charge is -2.02. The Morgan fingerprint density at radius 3 is 3.07 bits per heavy atom. The number of nitrogens with zero attached hydrogens (tertiary/aromatic N) is 3. The first kappa shape index (κ1) is 10.6. The molecule has 2 N–H and O–H groups in total. The molecule has 0 unspecified atom stereocenters. The molecule has 0 aliphatic carbocycles. The van der Waals surface area contributed by atoms with Crippen LogP contribution in [0, 0.1) is 0 Å².